The molecule has 0 amide bonds. The van der Waals surface area contributed by atoms with E-state index in [1.54, 1.807) is 6.08 Å². The van der Waals surface area contributed by atoms with Crippen molar-refractivity contribution in [3.05, 3.63) is 23.3 Å². The molecule has 3 N–H and O–H groups in total. The molecule has 6 heteroatoms. The summed E-state index contributed by atoms with van der Waals surface area (Å²) in [5.74, 6) is -0.292. The first-order chi connectivity index (χ1) is 13.7. The molecule has 3 saturated carbocycles. The Balaban J connectivity index is 1.53. The van der Waals surface area contributed by atoms with Crippen LogP contribution < -0.4 is 0 Å². The molecule has 0 radical (unpaired) electrons. The van der Waals surface area contributed by atoms with Crippen molar-refractivity contribution in [2.45, 2.75) is 69.7 Å². The number of fused-ring (bicyclic) bond motifs is 5. The van der Waals surface area contributed by atoms with E-state index in [2.05, 4.69) is 6.92 Å². The number of hydrogen-bond acceptors (Lipinski definition) is 6. The number of ether oxygens (including phenoxy) is 1. The maximum absolute atomic E-state index is 12.4. The van der Waals surface area contributed by atoms with Gasteiger partial charge in [-0.2, -0.15) is 0 Å². The molecule has 8 atom stereocenters. The maximum atomic E-state index is 12.4. The number of carbonyl (C=O) groups is 2. The van der Waals surface area contributed by atoms with Crippen LogP contribution in [0.4, 0.5) is 0 Å². The molecular weight excluding hydrogens is 372 g/mol. The average Bonchev–Trinajstić information content (AvgIpc) is 3.23. The quantitative estimate of drug-likeness (QED) is 0.369. The smallest absolute Gasteiger partial charge is 0.331 e. The fourth-order valence-electron chi connectivity index (χ4n) is 7.73. The Morgan fingerprint density at radius 2 is 1.97 bits per heavy atom. The van der Waals surface area contributed by atoms with Gasteiger partial charge in [0.25, 0.3) is 0 Å². The minimum atomic E-state index is -0.924. The average molecular weight is 402 g/mol. The van der Waals surface area contributed by atoms with Gasteiger partial charge in [-0.15, -0.1) is 0 Å². The number of rotatable bonds is 2. The molecule has 8 unspecified atom stereocenters. The van der Waals surface area contributed by atoms with Gasteiger partial charge < -0.3 is 24.9 Å². The van der Waals surface area contributed by atoms with Crippen LogP contribution in [0.1, 0.15) is 51.9 Å². The third-order valence-corrected chi connectivity index (χ3v) is 9.29. The molecule has 6 nitrogen and oxygen atoms in total. The third kappa shape index (κ3) is 2.39. The maximum Gasteiger partial charge on any atom is 0.331 e. The number of esters is 1. The van der Waals surface area contributed by atoms with E-state index in [4.69, 9.17) is 4.74 Å². The van der Waals surface area contributed by atoms with E-state index in [9.17, 15) is 24.9 Å². The van der Waals surface area contributed by atoms with Crippen molar-refractivity contribution >= 4 is 12.3 Å². The number of aldehydes is 1. The van der Waals surface area contributed by atoms with Gasteiger partial charge in [0.2, 0.25) is 0 Å². The van der Waals surface area contributed by atoms with Gasteiger partial charge in [0, 0.05) is 11.5 Å². The lowest BCUT2D eigenvalue weighted by Crippen LogP contribution is -2.62. The number of hydrogen-bond donors (Lipinski definition) is 3. The molecule has 29 heavy (non-hydrogen) atoms. The van der Waals surface area contributed by atoms with Crippen LogP contribution in [0.5, 0.6) is 0 Å². The van der Waals surface area contributed by atoms with Crippen molar-refractivity contribution < 1.29 is 29.6 Å². The summed E-state index contributed by atoms with van der Waals surface area (Å²) in [6, 6.07) is 0. The lowest BCUT2D eigenvalue weighted by Gasteiger charge is -2.61. The van der Waals surface area contributed by atoms with Gasteiger partial charge in [-0.1, -0.05) is 18.6 Å². The van der Waals surface area contributed by atoms with Crippen LogP contribution in [-0.4, -0.2) is 52.0 Å². The molecule has 158 valence electrons. The molecule has 3 fully saturated rings. The SMILES string of the molecule is CC12CCC3C(CC=C4CC(O)C(O)CC43C=O)C1(O)CCC2C1=CC(=O)OC1. The topological polar surface area (TPSA) is 104 Å². The Morgan fingerprint density at radius 3 is 2.66 bits per heavy atom. The van der Waals surface area contributed by atoms with Crippen molar-refractivity contribution in [3.63, 3.8) is 0 Å². The molecule has 5 rings (SSSR count). The first kappa shape index (κ1) is 19.5. The zero-order valence-electron chi connectivity index (χ0n) is 16.8. The van der Waals surface area contributed by atoms with Crippen molar-refractivity contribution in [1.82, 2.24) is 0 Å². The summed E-state index contributed by atoms with van der Waals surface area (Å²) in [6.07, 6.45) is 7.13. The summed E-state index contributed by atoms with van der Waals surface area (Å²) in [4.78, 5) is 24.1. The monoisotopic (exact) mass is 402 g/mol. The van der Waals surface area contributed by atoms with Crippen molar-refractivity contribution in [1.29, 1.82) is 0 Å². The first-order valence-corrected chi connectivity index (χ1v) is 10.9. The second kappa shape index (κ2) is 6.25. The van der Waals surface area contributed by atoms with E-state index >= 15 is 0 Å². The number of aliphatic hydroxyl groups is 3. The minimum absolute atomic E-state index is 0.0329. The summed E-state index contributed by atoms with van der Waals surface area (Å²) in [5.41, 5.74) is -0.156. The molecule has 0 aromatic heterocycles. The number of carbonyl (C=O) groups excluding carboxylic acids is 2. The molecule has 0 saturated heterocycles. The van der Waals surface area contributed by atoms with E-state index in [0.29, 0.717) is 25.9 Å². The van der Waals surface area contributed by atoms with Gasteiger partial charge in [0.1, 0.15) is 12.9 Å². The summed E-state index contributed by atoms with van der Waals surface area (Å²) in [5, 5.41) is 32.6. The van der Waals surface area contributed by atoms with Crippen LogP contribution in [0.2, 0.25) is 0 Å². The second-order valence-electron chi connectivity index (χ2n) is 10.2. The first-order valence-electron chi connectivity index (χ1n) is 10.9. The highest BCUT2D eigenvalue weighted by atomic mass is 16.5. The van der Waals surface area contributed by atoms with Crippen molar-refractivity contribution in [2.24, 2.45) is 28.6 Å². The van der Waals surface area contributed by atoms with Crippen LogP contribution in [0.25, 0.3) is 0 Å². The molecule has 1 heterocycles. The van der Waals surface area contributed by atoms with E-state index < -0.39 is 23.2 Å². The summed E-state index contributed by atoms with van der Waals surface area (Å²) in [7, 11) is 0. The van der Waals surface area contributed by atoms with E-state index in [1.165, 1.54) is 0 Å². The number of cyclic esters (lactones) is 1. The van der Waals surface area contributed by atoms with E-state index in [1.807, 2.05) is 6.08 Å². The fourth-order valence-corrected chi connectivity index (χ4v) is 7.73. The molecule has 1 aliphatic heterocycles. The summed E-state index contributed by atoms with van der Waals surface area (Å²) >= 11 is 0. The Morgan fingerprint density at radius 1 is 1.17 bits per heavy atom. The predicted octanol–water partition coefficient (Wildman–Crippen LogP) is 1.67. The molecule has 0 bridgehead atoms. The lowest BCUT2D eigenvalue weighted by atomic mass is 9.45. The molecule has 0 spiro atoms. The molecule has 0 aromatic rings. The Labute approximate surface area is 170 Å². The summed E-state index contributed by atoms with van der Waals surface area (Å²) in [6.45, 7) is 2.45. The van der Waals surface area contributed by atoms with Gasteiger partial charge in [-0.05, 0) is 68.3 Å². The predicted molar refractivity (Wildman–Crippen MR) is 103 cm³/mol. The van der Waals surface area contributed by atoms with Crippen molar-refractivity contribution in [2.75, 3.05) is 6.61 Å². The highest BCUT2D eigenvalue weighted by molar-refractivity contribution is 5.85. The lowest BCUT2D eigenvalue weighted by molar-refractivity contribution is -0.183. The highest BCUT2D eigenvalue weighted by Crippen LogP contribution is 2.68. The largest absolute Gasteiger partial charge is 0.458 e. The Hall–Kier alpha value is -1.50. The van der Waals surface area contributed by atoms with Gasteiger partial charge >= 0.3 is 5.97 Å². The molecular formula is C23H30O6. The molecule has 4 aliphatic carbocycles. The van der Waals surface area contributed by atoms with Crippen LogP contribution in [0, 0.1) is 28.6 Å². The fraction of sp³-hybridized carbons (Fsp3) is 0.739. The Bertz CT molecular complexity index is 816. The van der Waals surface area contributed by atoms with Crippen LogP contribution in [0.15, 0.2) is 23.3 Å². The normalized spacial score (nSPS) is 51.3. The molecule has 0 aromatic carbocycles. The zero-order valence-corrected chi connectivity index (χ0v) is 16.8. The van der Waals surface area contributed by atoms with Gasteiger partial charge in [0.15, 0.2) is 0 Å². The van der Waals surface area contributed by atoms with E-state index in [-0.39, 0.29) is 35.6 Å². The number of aliphatic hydroxyl groups excluding tert-OH is 2. The summed E-state index contributed by atoms with van der Waals surface area (Å²) < 4.78 is 5.15. The van der Waals surface area contributed by atoms with Gasteiger partial charge in [0.05, 0.1) is 23.2 Å². The Kier molecular flexibility index (Phi) is 4.20. The van der Waals surface area contributed by atoms with E-state index in [0.717, 1.165) is 36.7 Å². The number of allylic oxidation sites excluding steroid dienone is 1. The van der Waals surface area contributed by atoms with Crippen LogP contribution in [-0.2, 0) is 14.3 Å². The standard InChI is InChI=1S/C23H30O6/c1-21-6-4-16-17(3-2-14-9-18(25)19(26)10-22(14,16)12-24)23(21,28)7-5-15(21)13-8-20(27)29-11-13/h2,8,12,15-19,25-26,28H,3-7,9-11H2,1H3. The highest BCUT2D eigenvalue weighted by Gasteiger charge is 2.68. The molecule has 5 aliphatic rings. The van der Waals surface area contributed by atoms with Crippen LogP contribution >= 0.6 is 0 Å². The van der Waals surface area contributed by atoms with Gasteiger partial charge in [-0.3, -0.25) is 0 Å². The minimum Gasteiger partial charge on any atom is -0.458 e. The van der Waals surface area contributed by atoms with Crippen LogP contribution in [0.3, 0.4) is 0 Å². The zero-order chi connectivity index (χ0) is 20.6. The van der Waals surface area contributed by atoms with Crippen molar-refractivity contribution in [3.8, 4) is 0 Å². The second-order valence-corrected chi connectivity index (χ2v) is 10.2. The third-order valence-electron chi connectivity index (χ3n) is 9.29. The van der Waals surface area contributed by atoms with Gasteiger partial charge in [-0.25, -0.2) is 4.79 Å².